The quantitative estimate of drug-likeness (QED) is 0.266. The predicted octanol–water partition coefficient (Wildman–Crippen LogP) is 4.08. The van der Waals surface area contributed by atoms with Gasteiger partial charge in [0.2, 0.25) is 0 Å². The first-order valence-electron chi connectivity index (χ1n) is 8.86. The van der Waals surface area contributed by atoms with E-state index in [2.05, 4.69) is 15.9 Å². The van der Waals surface area contributed by atoms with Gasteiger partial charge in [-0.15, -0.1) is 0 Å². The number of hydrogen-bond acceptors (Lipinski definition) is 5. The van der Waals surface area contributed by atoms with Crippen molar-refractivity contribution in [2.24, 2.45) is 0 Å². The molecule has 2 atom stereocenters. The molecule has 0 aliphatic heterocycles. The highest BCUT2D eigenvalue weighted by Crippen LogP contribution is 2.14. The van der Waals surface area contributed by atoms with Crippen LogP contribution < -0.4 is 0 Å². The van der Waals surface area contributed by atoms with E-state index in [4.69, 9.17) is 13.7 Å². The summed E-state index contributed by atoms with van der Waals surface area (Å²) in [4.78, 5) is 0. The Bertz CT molecular complexity index is 809. The van der Waals surface area contributed by atoms with Crippen LogP contribution in [0.3, 0.4) is 0 Å². The minimum Gasteiger partial charge on any atom is -0.374 e. The number of rotatable bonds is 12. The number of ether oxygens (including phenoxy) is 2. The first-order valence-corrected chi connectivity index (χ1v) is 11.8. The lowest BCUT2D eigenvalue weighted by Gasteiger charge is -2.24. The van der Waals surface area contributed by atoms with Crippen LogP contribution in [0, 0.1) is 0 Å². The molecule has 0 unspecified atom stereocenters. The molecule has 0 aliphatic rings. The monoisotopic (exact) mass is 468 g/mol. The minimum absolute atomic E-state index is 0.0774. The van der Waals surface area contributed by atoms with Crippen molar-refractivity contribution in [1.82, 2.24) is 0 Å². The number of alkyl halides is 1. The summed E-state index contributed by atoms with van der Waals surface area (Å²) in [5.41, 5.74) is 1.99. The second-order valence-corrected chi connectivity index (χ2v) is 8.43. The standard InChI is InChI=1S/C21H25BrO5S/c1-28(23,24)27-21(17-25-15-18-9-4-2-5-10-18)20(13-8-14-22)26-16-19-11-6-3-7-12-19/h2-13,20-21H,14-17H2,1H3/b13-8+/t20-,21-/m1/s1. The van der Waals surface area contributed by atoms with Gasteiger partial charge in [-0.1, -0.05) is 88.7 Å². The number of benzene rings is 2. The summed E-state index contributed by atoms with van der Waals surface area (Å²) in [6.45, 7) is 0.770. The van der Waals surface area contributed by atoms with E-state index in [9.17, 15) is 8.42 Å². The van der Waals surface area contributed by atoms with Crippen LogP contribution in [-0.4, -0.2) is 38.8 Å². The van der Waals surface area contributed by atoms with Crippen LogP contribution >= 0.6 is 15.9 Å². The molecule has 152 valence electrons. The van der Waals surface area contributed by atoms with Gasteiger partial charge in [0.1, 0.15) is 12.2 Å². The van der Waals surface area contributed by atoms with E-state index >= 15 is 0 Å². The molecule has 2 aromatic rings. The first-order chi connectivity index (χ1) is 13.5. The molecule has 0 bridgehead atoms. The number of halogens is 1. The third-order valence-corrected chi connectivity index (χ3v) is 4.73. The van der Waals surface area contributed by atoms with Crippen LogP contribution in [0.1, 0.15) is 11.1 Å². The molecule has 0 amide bonds. The third-order valence-electron chi connectivity index (χ3n) is 3.76. The molecule has 0 saturated carbocycles. The molecule has 0 fully saturated rings. The minimum atomic E-state index is -3.68. The van der Waals surface area contributed by atoms with Gasteiger partial charge in [0.05, 0.1) is 26.1 Å². The Morgan fingerprint density at radius 3 is 2.07 bits per heavy atom. The molecule has 0 radical (unpaired) electrons. The van der Waals surface area contributed by atoms with E-state index in [1.54, 1.807) is 6.08 Å². The van der Waals surface area contributed by atoms with Crippen molar-refractivity contribution in [3.05, 3.63) is 83.9 Å². The van der Waals surface area contributed by atoms with Crippen molar-refractivity contribution < 1.29 is 22.1 Å². The van der Waals surface area contributed by atoms with Gasteiger partial charge < -0.3 is 9.47 Å². The molecule has 0 aromatic heterocycles. The van der Waals surface area contributed by atoms with Crippen LogP contribution in [0.15, 0.2) is 72.8 Å². The predicted molar refractivity (Wildman–Crippen MR) is 114 cm³/mol. The SMILES string of the molecule is CS(=O)(=O)O[C@H](COCc1ccccc1)[C@@H](/C=C/CBr)OCc1ccccc1. The highest BCUT2D eigenvalue weighted by atomic mass is 79.9. The zero-order valence-corrected chi connectivity index (χ0v) is 18.1. The van der Waals surface area contributed by atoms with E-state index in [1.807, 2.05) is 66.7 Å². The maximum Gasteiger partial charge on any atom is 0.264 e. The molecule has 2 aromatic carbocycles. The van der Waals surface area contributed by atoms with Gasteiger partial charge in [0.15, 0.2) is 0 Å². The largest absolute Gasteiger partial charge is 0.374 e. The van der Waals surface area contributed by atoms with Crippen molar-refractivity contribution in [2.75, 3.05) is 18.2 Å². The zero-order chi connectivity index (χ0) is 20.2. The zero-order valence-electron chi connectivity index (χ0n) is 15.7. The average Bonchev–Trinajstić information content (AvgIpc) is 2.68. The summed E-state index contributed by atoms with van der Waals surface area (Å²) in [7, 11) is -3.68. The lowest BCUT2D eigenvalue weighted by molar-refractivity contribution is -0.0460. The normalized spacial score (nSPS) is 14.2. The molecule has 0 heterocycles. The van der Waals surface area contributed by atoms with Gasteiger partial charge >= 0.3 is 0 Å². The first kappa shape index (κ1) is 22.8. The Hall–Kier alpha value is -1.51. The highest BCUT2D eigenvalue weighted by molar-refractivity contribution is 9.09. The molecular weight excluding hydrogens is 444 g/mol. The maximum atomic E-state index is 11.8. The van der Waals surface area contributed by atoms with Crippen LogP contribution in [0.25, 0.3) is 0 Å². The molecule has 28 heavy (non-hydrogen) atoms. The summed E-state index contributed by atoms with van der Waals surface area (Å²) in [5.74, 6) is 0. The van der Waals surface area contributed by atoms with Crippen molar-refractivity contribution in [3.63, 3.8) is 0 Å². The van der Waals surface area contributed by atoms with E-state index in [0.29, 0.717) is 18.5 Å². The van der Waals surface area contributed by atoms with Gasteiger partial charge in [-0.05, 0) is 11.1 Å². The Morgan fingerprint density at radius 1 is 0.964 bits per heavy atom. The van der Waals surface area contributed by atoms with Crippen LogP contribution in [0.2, 0.25) is 0 Å². The fourth-order valence-corrected chi connectivity index (χ4v) is 3.34. The van der Waals surface area contributed by atoms with Crippen LogP contribution in [0.5, 0.6) is 0 Å². The molecule has 0 saturated heterocycles. The average molecular weight is 469 g/mol. The van der Waals surface area contributed by atoms with E-state index in [1.165, 1.54) is 0 Å². The van der Waals surface area contributed by atoms with Gasteiger partial charge in [0.25, 0.3) is 10.1 Å². The van der Waals surface area contributed by atoms with E-state index in [-0.39, 0.29) is 6.61 Å². The van der Waals surface area contributed by atoms with Crippen molar-refractivity contribution >= 4 is 26.0 Å². The van der Waals surface area contributed by atoms with E-state index < -0.39 is 22.3 Å². The molecule has 5 nitrogen and oxygen atoms in total. The molecule has 0 N–H and O–H groups in total. The van der Waals surface area contributed by atoms with Gasteiger partial charge in [0, 0.05) is 5.33 Å². The maximum absolute atomic E-state index is 11.8. The van der Waals surface area contributed by atoms with Gasteiger partial charge in [-0.3, -0.25) is 4.18 Å². The summed E-state index contributed by atoms with van der Waals surface area (Å²) >= 11 is 3.34. The smallest absolute Gasteiger partial charge is 0.264 e. The fraction of sp³-hybridized carbons (Fsp3) is 0.333. The summed E-state index contributed by atoms with van der Waals surface area (Å²) in [5, 5.41) is 0.620. The van der Waals surface area contributed by atoms with Crippen molar-refractivity contribution in [1.29, 1.82) is 0 Å². The fourth-order valence-electron chi connectivity index (χ4n) is 2.51. The van der Waals surface area contributed by atoms with Crippen molar-refractivity contribution in [2.45, 2.75) is 25.4 Å². The molecule has 7 heteroatoms. The summed E-state index contributed by atoms with van der Waals surface area (Å²) in [6, 6.07) is 19.3. The lowest BCUT2D eigenvalue weighted by atomic mass is 10.2. The van der Waals surface area contributed by atoms with Crippen molar-refractivity contribution in [3.8, 4) is 0 Å². The highest BCUT2D eigenvalue weighted by Gasteiger charge is 2.25. The number of hydrogen-bond donors (Lipinski definition) is 0. The van der Waals surface area contributed by atoms with E-state index in [0.717, 1.165) is 17.4 Å². The summed E-state index contributed by atoms with van der Waals surface area (Å²) < 4.78 is 40.5. The molecule has 2 rings (SSSR count). The van der Waals surface area contributed by atoms with Crippen LogP contribution in [0.4, 0.5) is 0 Å². The Kier molecular flexibility index (Phi) is 9.87. The Labute approximate surface area is 175 Å². The summed E-state index contributed by atoms with van der Waals surface area (Å²) in [6.07, 6.45) is 3.30. The van der Waals surface area contributed by atoms with Gasteiger partial charge in [-0.25, -0.2) is 0 Å². The topological polar surface area (TPSA) is 61.8 Å². The molecular formula is C21H25BrO5S. The second kappa shape index (κ2) is 12.1. The molecule has 0 spiro atoms. The third kappa shape index (κ3) is 9.12. The number of allylic oxidation sites excluding steroid dienone is 1. The Balaban J connectivity index is 2.06. The Morgan fingerprint density at radius 2 is 1.54 bits per heavy atom. The van der Waals surface area contributed by atoms with Crippen LogP contribution in [-0.2, 0) is 37.0 Å². The lowest BCUT2D eigenvalue weighted by Crippen LogP contribution is -2.36. The molecule has 0 aliphatic carbocycles. The van der Waals surface area contributed by atoms with Gasteiger partial charge in [-0.2, -0.15) is 8.42 Å². The second-order valence-electron chi connectivity index (χ2n) is 6.18.